The van der Waals surface area contributed by atoms with Crippen molar-refractivity contribution in [3.63, 3.8) is 0 Å². The highest BCUT2D eigenvalue weighted by molar-refractivity contribution is 7.47. The molecule has 11 nitrogen and oxygen atoms in total. The lowest BCUT2D eigenvalue weighted by Crippen LogP contribution is -2.34. The molecule has 0 rings (SSSR count). The Labute approximate surface area is 404 Å². The molecule has 0 heterocycles. The van der Waals surface area contributed by atoms with Crippen LogP contribution in [0.3, 0.4) is 0 Å². The summed E-state index contributed by atoms with van der Waals surface area (Å²) in [5.41, 5.74) is 5.36. The van der Waals surface area contributed by atoms with E-state index in [2.05, 4.69) is 38.2 Å². The van der Waals surface area contributed by atoms with Crippen LogP contribution in [0, 0.1) is 0 Å². The standard InChI is InChI=1S/C54H102NO10P/c1-3-5-7-9-11-13-15-17-19-21-23-25-27-29-31-33-35-37-39-41-43-45-52(56)62-47-50(48-63-66(60,61)64-49-51(55)54(58)59)65-53(57)46-44-42-40-38-36-34-32-30-28-26-24-22-20-18-16-14-12-10-8-6-4-2/h21-24,50-51H,3-20,25-49,55H2,1-2H3,(H,58,59)(H,60,61)/b23-21-,24-22-. The van der Waals surface area contributed by atoms with Gasteiger partial charge in [-0.05, 0) is 64.2 Å². The molecule has 0 fully saturated rings. The number of phosphoric ester groups is 1. The van der Waals surface area contributed by atoms with E-state index in [1.807, 2.05) is 0 Å². The second-order valence-corrected chi connectivity index (χ2v) is 20.2. The zero-order chi connectivity index (χ0) is 48.4. The third-order valence-electron chi connectivity index (χ3n) is 12.2. The molecule has 0 saturated heterocycles. The second-order valence-electron chi connectivity index (χ2n) is 18.7. The van der Waals surface area contributed by atoms with E-state index in [4.69, 9.17) is 29.4 Å². The van der Waals surface area contributed by atoms with E-state index in [1.165, 1.54) is 193 Å². The van der Waals surface area contributed by atoms with E-state index in [-0.39, 0.29) is 19.4 Å². The second kappa shape index (κ2) is 49.4. The fourth-order valence-electron chi connectivity index (χ4n) is 7.88. The average Bonchev–Trinajstić information content (AvgIpc) is 3.30. The quantitative estimate of drug-likeness (QED) is 0.0229. The molecule has 0 aromatic carbocycles. The summed E-state index contributed by atoms with van der Waals surface area (Å²) in [6.45, 7) is 2.85. The van der Waals surface area contributed by atoms with Crippen LogP contribution in [0.4, 0.5) is 0 Å². The third-order valence-corrected chi connectivity index (χ3v) is 13.1. The molecule has 4 N–H and O–H groups in total. The van der Waals surface area contributed by atoms with E-state index >= 15 is 0 Å². The first-order valence-electron chi connectivity index (χ1n) is 27.4. The third kappa shape index (κ3) is 48.4. The number of carboxylic acids is 1. The molecule has 0 spiro atoms. The number of phosphoric acid groups is 1. The Morgan fingerprint density at radius 3 is 1.11 bits per heavy atom. The number of hydrogen-bond acceptors (Lipinski definition) is 9. The maximum atomic E-state index is 12.7. The van der Waals surface area contributed by atoms with Gasteiger partial charge in [-0.3, -0.25) is 23.4 Å². The van der Waals surface area contributed by atoms with Gasteiger partial charge in [-0.25, -0.2) is 4.57 Å². The lowest BCUT2D eigenvalue weighted by atomic mass is 10.1. The Morgan fingerprint density at radius 1 is 0.455 bits per heavy atom. The van der Waals surface area contributed by atoms with Gasteiger partial charge in [0.15, 0.2) is 6.10 Å². The van der Waals surface area contributed by atoms with Gasteiger partial charge in [-0.15, -0.1) is 0 Å². The summed E-state index contributed by atoms with van der Waals surface area (Å²) < 4.78 is 32.9. The van der Waals surface area contributed by atoms with Gasteiger partial charge in [-0.2, -0.15) is 0 Å². The Balaban J connectivity index is 4.19. The monoisotopic (exact) mass is 956 g/mol. The first-order chi connectivity index (χ1) is 32.1. The fraction of sp³-hybridized carbons (Fsp3) is 0.870. The molecule has 0 aromatic rings. The van der Waals surface area contributed by atoms with Crippen LogP contribution in [-0.4, -0.2) is 59.9 Å². The number of unbranched alkanes of at least 4 members (excludes halogenated alkanes) is 34. The topological polar surface area (TPSA) is 172 Å². The van der Waals surface area contributed by atoms with E-state index in [0.29, 0.717) is 12.8 Å². The summed E-state index contributed by atoms with van der Waals surface area (Å²) >= 11 is 0. The normalized spacial score (nSPS) is 13.6. The van der Waals surface area contributed by atoms with E-state index in [9.17, 15) is 23.8 Å². The largest absolute Gasteiger partial charge is 0.480 e. The van der Waals surface area contributed by atoms with E-state index < -0.39 is 51.1 Å². The molecule has 0 aliphatic rings. The number of carbonyl (C=O) groups excluding carboxylic acids is 2. The van der Waals surface area contributed by atoms with Crippen LogP contribution in [-0.2, 0) is 37.5 Å². The maximum absolute atomic E-state index is 12.7. The highest BCUT2D eigenvalue weighted by Crippen LogP contribution is 2.43. The number of aliphatic carboxylic acids is 1. The zero-order valence-electron chi connectivity index (χ0n) is 42.6. The van der Waals surface area contributed by atoms with Gasteiger partial charge in [0.2, 0.25) is 0 Å². The molecule has 3 atom stereocenters. The molecular weight excluding hydrogens is 854 g/mol. The summed E-state index contributed by atoms with van der Waals surface area (Å²) in [6, 6.07) is -1.52. The minimum atomic E-state index is -4.72. The number of ether oxygens (including phenoxy) is 2. The Hall–Kier alpha value is -2.04. The maximum Gasteiger partial charge on any atom is 0.472 e. The summed E-state index contributed by atoms with van der Waals surface area (Å²) in [4.78, 5) is 46.3. The number of nitrogens with two attached hydrogens (primary N) is 1. The molecule has 388 valence electrons. The molecule has 0 aromatic heterocycles. The molecule has 0 radical (unpaired) electrons. The van der Waals surface area contributed by atoms with E-state index in [0.717, 1.165) is 38.5 Å². The van der Waals surface area contributed by atoms with Crippen molar-refractivity contribution in [2.75, 3.05) is 19.8 Å². The number of allylic oxidation sites excluding steroid dienone is 4. The predicted molar refractivity (Wildman–Crippen MR) is 272 cm³/mol. The lowest BCUT2D eigenvalue weighted by molar-refractivity contribution is -0.161. The Morgan fingerprint density at radius 2 is 0.758 bits per heavy atom. The first kappa shape index (κ1) is 64.0. The van der Waals surface area contributed by atoms with Gasteiger partial charge in [0.25, 0.3) is 0 Å². The van der Waals surface area contributed by atoms with Gasteiger partial charge in [-0.1, -0.05) is 218 Å². The van der Waals surface area contributed by atoms with Crippen LogP contribution in [0.5, 0.6) is 0 Å². The van der Waals surface area contributed by atoms with Crippen LogP contribution >= 0.6 is 7.82 Å². The molecule has 0 aliphatic heterocycles. The zero-order valence-corrected chi connectivity index (χ0v) is 43.4. The molecular formula is C54H102NO10P. The van der Waals surface area contributed by atoms with Gasteiger partial charge in [0, 0.05) is 12.8 Å². The molecule has 0 bridgehead atoms. The molecule has 0 aliphatic carbocycles. The summed E-state index contributed by atoms with van der Waals surface area (Å²) in [6.07, 6.45) is 55.3. The van der Waals surface area contributed by atoms with Crippen molar-refractivity contribution in [2.45, 2.75) is 283 Å². The summed E-state index contributed by atoms with van der Waals surface area (Å²) in [5, 5.41) is 8.93. The number of carboxylic acid groups (broad SMARTS) is 1. The van der Waals surface area contributed by atoms with Gasteiger partial charge < -0.3 is 25.2 Å². The van der Waals surface area contributed by atoms with Crippen molar-refractivity contribution in [2.24, 2.45) is 5.73 Å². The van der Waals surface area contributed by atoms with Gasteiger partial charge in [0.1, 0.15) is 12.6 Å². The van der Waals surface area contributed by atoms with Crippen molar-refractivity contribution < 1.29 is 47.5 Å². The molecule has 66 heavy (non-hydrogen) atoms. The SMILES string of the molecule is CCCCCCCCCC/C=C\CCCCCCCCCCCC(=O)OCC(COP(=O)(O)OCC(N)C(=O)O)OC(=O)CCCCCCCCCCC/C=C\CCCCCCCCCC. The minimum Gasteiger partial charge on any atom is -0.480 e. The Kier molecular flexibility index (Phi) is 47.9. The minimum absolute atomic E-state index is 0.161. The van der Waals surface area contributed by atoms with Crippen LogP contribution in [0.2, 0.25) is 0 Å². The summed E-state index contributed by atoms with van der Waals surface area (Å²) in [7, 11) is -4.72. The smallest absolute Gasteiger partial charge is 0.472 e. The van der Waals surface area contributed by atoms with Crippen LogP contribution in [0.1, 0.15) is 271 Å². The predicted octanol–water partition coefficient (Wildman–Crippen LogP) is 15.7. The number of esters is 2. The van der Waals surface area contributed by atoms with Crippen LogP contribution < -0.4 is 5.73 Å². The summed E-state index contributed by atoms with van der Waals surface area (Å²) in [5.74, 6) is -2.37. The Bertz CT molecular complexity index is 1210. The number of hydrogen-bond donors (Lipinski definition) is 3. The van der Waals surface area contributed by atoms with Crippen molar-refractivity contribution >= 4 is 25.7 Å². The number of carbonyl (C=O) groups is 3. The van der Waals surface area contributed by atoms with Crippen molar-refractivity contribution in [1.82, 2.24) is 0 Å². The molecule has 12 heteroatoms. The van der Waals surface area contributed by atoms with Gasteiger partial charge >= 0.3 is 25.7 Å². The highest BCUT2D eigenvalue weighted by Gasteiger charge is 2.28. The fourth-order valence-corrected chi connectivity index (χ4v) is 8.66. The number of rotatable bonds is 52. The van der Waals surface area contributed by atoms with Crippen LogP contribution in [0.15, 0.2) is 24.3 Å². The first-order valence-corrected chi connectivity index (χ1v) is 28.9. The average molecular weight is 956 g/mol. The molecule has 3 unspecified atom stereocenters. The van der Waals surface area contributed by atoms with Crippen molar-refractivity contribution in [3.05, 3.63) is 24.3 Å². The van der Waals surface area contributed by atoms with E-state index in [1.54, 1.807) is 0 Å². The van der Waals surface area contributed by atoms with Gasteiger partial charge in [0.05, 0.1) is 13.2 Å². The lowest BCUT2D eigenvalue weighted by Gasteiger charge is -2.20. The van der Waals surface area contributed by atoms with Crippen LogP contribution in [0.25, 0.3) is 0 Å². The van der Waals surface area contributed by atoms with Crippen molar-refractivity contribution in [1.29, 1.82) is 0 Å². The van der Waals surface area contributed by atoms with Crippen molar-refractivity contribution in [3.8, 4) is 0 Å². The molecule has 0 amide bonds. The highest BCUT2D eigenvalue weighted by atomic mass is 31.2. The molecule has 0 saturated carbocycles.